The molecule has 20 heavy (non-hydrogen) atoms. The van der Waals surface area contributed by atoms with Crippen LogP contribution in [-0.2, 0) is 0 Å². The van der Waals surface area contributed by atoms with Gasteiger partial charge in [-0.2, -0.15) is 11.8 Å². The second-order valence-corrected chi connectivity index (χ2v) is 5.75. The van der Waals surface area contributed by atoms with E-state index in [0.29, 0.717) is 0 Å². The maximum atomic E-state index is 13.4. The summed E-state index contributed by atoms with van der Waals surface area (Å²) in [5.41, 5.74) is -0.250. The molecule has 0 radical (unpaired) electrons. The first kappa shape index (κ1) is 17.4. The van der Waals surface area contributed by atoms with Crippen molar-refractivity contribution in [3.63, 3.8) is 0 Å². The zero-order chi connectivity index (χ0) is 14.8. The smallest absolute Gasteiger partial charge is 0.131 e. The molecule has 2 nitrogen and oxygen atoms in total. The molecular formula is C15H23F2NOS. The average molecular weight is 303 g/mol. The van der Waals surface area contributed by atoms with Gasteiger partial charge in [0.15, 0.2) is 0 Å². The third kappa shape index (κ3) is 6.20. The van der Waals surface area contributed by atoms with Crippen LogP contribution in [0, 0.1) is 11.6 Å². The molecule has 0 heterocycles. The summed E-state index contributed by atoms with van der Waals surface area (Å²) in [6, 6.07) is 3.61. The number of benzene rings is 1. The Morgan fingerprint density at radius 1 is 1.15 bits per heavy atom. The quantitative estimate of drug-likeness (QED) is 0.649. The van der Waals surface area contributed by atoms with E-state index in [1.165, 1.54) is 24.7 Å². The predicted octanol–water partition coefficient (Wildman–Crippen LogP) is 3.51. The number of aliphatic hydroxyl groups excluding tert-OH is 1. The second-order valence-electron chi connectivity index (χ2n) is 4.76. The highest BCUT2D eigenvalue weighted by molar-refractivity contribution is 7.98. The summed E-state index contributed by atoms with van der Waals surface area (Å²) >= 11 is 1.85. The molecule has 0 fully saturated rings. The SMILES string of the molecule is CSCCCCCCNCC(O)c1c(F)cccc1F. The highest BCUT2D eigenvalue weighted by Crippen LogP contribution is 2.19. The molecule has 1 aromatic carbocycles. The number of hydrogen-bond donors (Lipinski definition) is 2. The van der Waals surface area contributed by atoms with Gasteiger partial charge in [0, 0.05) is 6.54 Å². The van der Waals surface area contributed by atoms with Gasteiger partial charge in [0.25, 0.3) is 0 Å². The van der Waals surface area contributed by atoms with Gasteiger partial charge in [-0.3, -0.25) is 0 Å². The fourth-order valence-corrected chi connectivity index (χ4v) is 2.51. The third-order valence-electron chi connectivity index (χ3n) is 3.12. The van der Waals surface area contributed by atoms with Crippen LogP contribution < -0.4 is 5.32 Å². The molecule has 0 aliphatic carbocycles. The van der Waals surface area contributed by atoms with Crippen LogP contribution in [0.15, 0.2) is 18.2 Å². The summed E-state index contributed by atoms with van der Waals surface area (Å²) in [5, 5.41) is 12.9. The molecule has 0 aliphatic heterocycles. The van der Waals surface area contributed by atoms with Crippen molar-refractivity contribution < 1.29 is 13.9 Å². The largest absolute Gasteiger partial charge is 0.387 e. The molecule has 0 spiro atoms. The van der Waals surface area contributed by atoms with Crippen molar-refractivity contribution in [2.75, 3.05) is 25.1 Å². The van der Waals surface area contributed by atoms with Crippen LogP contribution in [0.4, 0.5) is 8.78 Å². The molecule has 0 aliphatic rings. The van der Waals surface area contributed by atoms with Crippen molar-refractivity contribution >= 4 is 11.8 Å². The van der Waals surface area contributed by atoms with E-state index in [0.717, 1.165) is 31.5 Å². The Morgan fingerprint density at radius 2 is 1.80 bits per heavy atom. The molecule has 0 saturated carbocycles. The summed E-state index contributed by atoms with van der Waals surface area (Å²) in [7, 11) is 0. The van der Waals surface area contributed by atoms with Gasteiger partial charge < -0.3 is 10.4 Å². The molecule has 1 atom stereocenters. The van der Waals surface area contributed by atoms with E-state index >= 15 is 0 Å². The van der Waals surface area contributed by atoms with E-state index in [4.69, 9.17) is 0 Å². The van der Waals surface area contributed by atoms with Gasteiger partial charge in [-0.15, -0.1) is 0 Å². The lowest BCUT2D eigenvalue weighted by molar-refractivity contribution is 0.165. The lowest BCUT2D eigenvalue weighted by atomic mass is 10.1. The third-order valence-corrected chi connectivity index (χ3v) is 3.82. The van der Waals surface area contributed by atoms with Gasteiger partial charge in [0.05, 0.1) is 11.7 Å². The Hall–Kier alpha value is -0.650. The highest BCUT2D eigenvalue weighted by atomic mass is 32.2. The van der Waals surface area contributed by atoms with Gasteiger partial charge in [-0.05, 0) is 43.5 Å². The number of halogens is 2. The molecular weight excluding hydrogens is 280 g/mol. The first-order valence-corrected chi connectivity index (χ1v) is 8.37. The standard InChI is InChI=1S/C15H23F2NOS/c1-20-10-5-3-2-4-9-18-11-14(19)15-12(16)7-6-8-13(15)17/h6-8,14,18-19H,2-5,9-11H2,1H3. The van der Waals surface area contributed by atoms with Crippen LogP contribution in [0.3, 0.4) is 0 Å². The van der Waals surface area contributed by atoms with E-state index in [1.54, 1.807) is 0 Å². The molecule has 5 heteroatoms. The zero-order valence-electron chi connectivity index (χ0n) is 11.9. The molecule has 0 bridgehead atoms. The van der Waals surface area contributed by atoms with Crippen LogP contribution in [0.5, 0.6) is 0 Å². The normalized spacial score (nSPS) is 12.6. The minimum Gasteiger partial charge on any atom is -0.387 e. The minimum absolute atomic E-state index is 0.169. The van der Waals surface area contributed by atoms with E-state index in [1.807, 2.05) is 11.8 Å². The fourth-order valence-electron chi connectivity index (χ4n) is 2.02. The number of rotatable bonds is 10. The Balaban J connectivity index is 2.19. The van der Waals surface area contributed by atoms with Gasteiger partial charge in [-0.25, -0.2) is 8.78 Å². The Morgan fingerprint density at radius 3 is 2.45 bits per heavy atom. The number of hydrogen-bond acceptors (Lipinski definition) is 3. The minimum atomic E-state index is -1.15. The number of aliphatic hydroxyl groups is 1. The average Bonchev–Trinajstić information content (AvgIpc) is 2.41. The fraction of sp³-hybridized carbons (Fsp3) is 0.600. The van der Waals surface area contributed by atoms with Crippen molar-refractivity contribution in [3.8, 4) is 0 Å². The number of unbranched alkanes of at least 4 members (excludes halogenated alkanes) is 3. The van der Waals surface area contributed by atoms with Crippen molar-refractivity contribution in [1.82, 2.24) is 5.32 Å². The van der Waals surface area contributed by atoms with Crippen molar-refractivity contribution in [2.45, 2.75) is 31.8 Å². The van der Waals surface area contributed by atoms with Crippen LogP contribution in [-0.4, -0.2) is 30.2 Å². The second kappa shape index (κ2) is 10.1. The molecule has 1 rings (SSSR count). The van der Waals surface area contributed by atoms with Gasteiger partial charge >= 0.3 is 0 Å². The molecule has 0 aromatic heterocycles. The highest BCUT2D eigenvalue weighted by Gasteiger charge is 2.16. The zero-order valence-corrected chi connectivity index (χ0v) is 12.7. The van der Waals surface area contributed by atoms with Gasteiger partial charge in [0.2, 0.25) is 0 Å². The van der Waals surface area contributed by atoms with Crippen LogP contribution in [0.25, 0.3) is 0 Å². The van der Waals surface area contributed by atoms with Gasteiger partial charge in [-0.1, -0.05) is 18.9 Å². The first-order chi connectivity index (χ1) is 9.66. The Kier molecular flexibility index (Phi) is 8.82. The summed E-state index contributed by atoms with van der Waals surface area (Å²) in [5.74, 6) is -0.202. The van der Waals surface area contributed by atoms with Crippen molar-refractivity contribution in [1.29, 1.82) is 0 Å². The molecule has 2 N–H and O–H groups in total. The van der Waals surface area contributed by atoms with Crippen molar-refractivity contribution in [3.05, 3.63) is 35.4 Å². The lowest BCUT2D eigenvalue weighted by Crippen LogP contribution is -2.23. The molecule has 0 amide bonds. The van der Waals surface area contributed by atoms with Crippen LogP contribution in [0.1, 0.15) is 37.4 Å². The van der Waals surface area contributed by atoms with Crippen LogP contribution in [0.2, 0.25) is 0 Å². The Labute approximate surface area is 124 Å². The summed E-state index contributed by atoms with van der Waals surface area (Å²) in [4.78, 5) is 0. The summed E-state index contributed by atoms with van der Waals surface area (Å²) < 4.78 is 26.8. The number of thioether (sulfide) groups is 1. The topological polar surface area (TPSA) is 32.3 Å². The molecule has 114 valence electrons. The first-order valence-electron chi connectivity index (χ1n) is 6.98. The summed E-state index contributed by atoms with van der Waals surface area (Å²) in [6.45, 7) is 0.926. The Bertz CT molecular complexity index is 370. The van der Waals surface area contributed by atoms with E-state index in [-0.39, 0.29) is 12.1 Å². The monoisotopic (exact) mass is 303 g/mol. The maximum absolute atomic E-state index is 13.4. The van der Waals surface area contributed by atoms with E-state index in [9.17, 15) is 13.9 Å². The van der Waals surface area contributed by atoms with Crippen molar-refractivity contribution in [2.24, 2.45) is 0 Å². The summed E-state index contributed by atoms with van der Waals surface area (Å²) in [6.07, 6.45) is 5.54. The number of nitrogens with one attached hydrogen (secondary N) is 1. The van der Waals surface area contributed by atoms with E-state index in [2.05, 4.69) is 11.6 Å². The lowest BCUT2D eigenvalue weighted by Gasteiger charge is -2.13. The van der Waals surface area contributed by atoms with E-state index < -0.39 is 17.7 Å². The molecule has 1 aromatic rings. The van der Waals surface area contributed by atoms with Gasteiger partial charge in [0.1, 0.15) is 11.6 Å². The molecule has 1 unspecified atom stereocenters. The molecule has 0 saturated heterocycles. The predicted molar refractivity (Wildman–Crippen MR) is 81.0 cm³/mol. The van der Waals surface area contributed by atoms with Crippen LogP contribution >= 0.6 is 11.8 Å². The maximum Gasteiger partial charge on any atom is 0.131 e.